The average molecular weight is 348 g/mol. The predicted octanol–water partition coefficient (Wildman–Crippen LogP) is -11.2. The summed E-state index contributed by atoms with van der Waals surface area (Å²) in [5.41, 5.74) is 0. The van der Waals surface area contributed by atoms with Crippen molar-refractivity contribution in [3.63, 3.8) is 0 Å². The summed E-state index contributed by atoms with van der Waals surface area (Å²) < 4.78 is 0. The molecule has 5 heteroatoms. The van der Waals surface area contributed by atoms with Gasteiger partial charge in [0.1, 0.15) is 0 Å². The van der Waals surface area contributed by atoms with E-state index in [9.17, 15) is 0 Å². The van der Waals surface area contributed by atoms with Crippen LogP contribution in [0.1, 0.15) is 0 Å². The molecule has 0 aliphatic rings. The zero-order valence-corrected chi connectivity index (χ0v) is 6.73. The molecule has 7 heavy (non-hydrogen) atoms. The smallest absolute Gasteiger partial charge is 1.00 e. The standard InChI is InChI=1S/C2H4.4FH.Pu/c1-2;;;;;/h1-2H2;4*1H;/q;;;;;+4/p-4. The van der Waals surface area contributed by atoms with Crippen molar-refractivity contribution in [3.05, 3.63) is 13.2 Å². The first-order chi connectivity index (χ1) is 1.00. The molecule has 0 saturated carbocycles. The van der Waals surface area contributed by atoms with Crippen LogP contribution in [0.15, 0.2) is 13.2 Å². The molecule has 0 atom stereocenters. The SMILES string of the molecule is C=C.[F-].[F-].[F-].[F-].[Pu+4]. The molecule has 0 heterocycles. The molecule has 0 aromatic rings. The van der Waals surface area contributed by atoms with E-state index >= 15 is 0 Å². The van der Waals surface area contributed by atoms with E-state index in [2.05, 4.69) is 13.2 Å². The Bertz CT molecular complexity index is 9.65. The minimum Gasteiger partial charge on any atom is -1.00 e. The average Bonchev–Trinajstić information content (AvgIpc) is 1.00. The van der Waals surface area contributed by atoms with E-state index in [1.54, 1.807) is 0 Å². The van der Waals surface area contributed by atoms with Crippen molar-refractivity contribution in [3.8, 4) is 0 Å². The Balaban J connectivity index is -0.000000000500. The molecule has 0 aromatic carbocycles. The topological polar surface area (TPSA) is 0 Å². The molecule has 0 N–H and O–H groups in total. The van der Waals surface area contributed by atoms with Crippen molar-refractivity contribution in [2.45, 2.75) is 0 Å². The molecule has 0 aliphatic heterocycles. The van der Waals surface area contributed by atoms with Gasteiger partial charge in [0.15, 0.2) is 0 Å². The molecule has 46 valence electrons. The molecule has 0 nitrogen and oxygen atoms in total. The fourth-order valence-electron chi connectivity index (χ4n) is 0. The van der Waals surface area contributed by atoms with Gasteiger partial charge in [-0.2, -0.15) is 0 Å². The van der Waals surface area contributed by atoms with Gasteiger partial charge in [0.25, 0.3) is 0 Å². The maximum atomic E-state index is 3.00. The number of hydrogen-bond acceptors (Lipinski definition) is 0. The predicted molar refractivity (Wildman–Crippen MR) is 11.3 cm³/mol. The summed E-state index contributed by atoms with van der Waals surface area (Å²) in [7, 11) is 0. The van der Waals surface area contributed by atoms with Gasteiger partial charge < -0.3 is 18.8 Å². The summed E-state index contributed by atoms with van der Waals surface area (Å²) in [6.07, 6.45) is 0. The van der Waals surface area contributed by atoms with E-state index < -0.39 is 0 Å². The van der Waals surface area contributed by atoms with Crippen LogP contribution >= 0.6 is 0 Å². The first kappa shape index (κ1) is 148. The summed E-state index contributed by atoms with van der Waals surface area (Å²) in [6, 6.07) is 0. The van der Waals surface area contributed by atoms with Crippen LogP contribution in [0.3, 0.4) is 0 Å². The second-order valence-corrected chi connectivity index (χ2v) is 0. The quantitative estimate of drug-likeness (QED) is 0.301. The van der Waals surface area contributed by atoms with Gasteiger partial charge in [0, 0.05) is 0 Å². The monoisotopic (exact) mass is 342 g/mol. The van der Waals surface area contributed by atoms with E-state index in [0.29, 0.717) is 0 Å². The Morgan fingerprint density at radius 2 is 0.571 bits per heavy atom. The van der Waals surface area contributed by atoms with Crippen LogP contribution in [0.4, 0.5) is 0 Å². The van der Waals surface area contributed by atoms with Crippen LogP contribution in [-0.4, -0.2) is 0 Å². The van der Waals surface area contributed by atoms with Gasteiger partial charge in [0.05, 0.1) is 0 Å². The molecule has 0 unspecified atom stereocenters. The van der Waals surface area contributed by atoms with E-state index in [1.165, 1.54) is 0 Å². The largest absolute Gasteiger partial charge is 4.00 e. The van der Waals surface area contributed by atoms with Crippen LogP contribution < -0.4 is 18.8 Å². The fraction of sp³-hybridized carbons (Fsp3) is 0. The van der Waals surface area contributed by atoms with Crippen LogP contribution in [0.5, 0.6) is 0 Å². The number of halogens is 4. The summed E-state index contributed by atoms with van der Waals surface area (Å²) in [6.45, 7) is 6.00. The van der Waals surface area contributed by atoms with Crippen LogP contribution in [-0.2, 0) is 0 Å². The van der Waals surface area contributed by atoms with Crippen molar-refractivity contribution >= 4 is 0 Å². The molecule has 0 spiro atoms. The fourth-order valence-corrected chi connectivity index (χ4v) is 0. The summed E-state index contributed by atoms with van der Waals surface area (Å²) in [5, 5.41) is 0. The van der Waals surface area contributed by atoms with Gasteiger partial charge in [-0.05, 0) is 0 Å². The number of hydrogen-bond donors (Lipinski definition) is 0. The summed E-state index contributed by atoms with van der Waals surface area (Å²) in [5.74, 6) is 0. The van der Waals surface area contributed by atoms with E-state index in [1.807, 2.05) is 0 Å². The first-order valence-corrected chi connectivity index (χ1v) is 0.500. The zero-order valence-electron chi connectivity index (χ0n) is 3.33. The second-order valence-electron chi connectivity index (χ2n) is 0. The molecule has 0 rings (SSSR count). The van der Waals surface area contributed by atoms with Crippen LogP contribution in [0.2, 0.25) is 0 Å². The Labute approximate surface area is 61.4 Å². The van der Waals surface area contributed by atoms with Crippen molar-refractivity contribution in [1.29, 1.82) is 0 Å². The van der Waals surface area contributed by atoms with Crippen LogP contribution in [0.25, 0.3) is 0 Å². The Hall–Kier alpha value is 0.447. The third kappa shape index (κ3) is 638. The molecular formula is C2H4F4Pu. The van der Waals surface area contributed by atoms with Gasteiger partial charge >= 0.3 is 29.2 Å². The normalized spacial score (nSPS) is 0.571. The molecule has 0 amide bonds. The van der Waals surface area contributed by atoms with Crippen molar-refractivity contribution < 1.29 is 48.0 Å². The van der Waals surface area contributed by atoms with Gasteiger partial charge in [-0.1, -0.05) is 0 Å². The maximum Gasteiger partial charge on any atom is 4.00 e. The van der Waals surface area contributed by atoms with Gasteiger partial charge in [-0.15, -0.1) is 13.2 Å². The molecule has 0 aliphatic carbocycles. The van der Waals surface area contributed by atoms with Gasteiger partial charge in [-0.3, -0.25) is 0 Å². The third-order valence-electron chi connectivity index (χ3n) is 0. The van der Waals surface area contributed by atoms with E-state index in [0.717, 1.165) is 0 Å². The summed E-state index contributed by atoms with van der Waals surface area (Å²) in [4.78, 5) is 0. The number of rotatable bonds is 0. The van der Waals surface area contributed by atoms with Crippen LogP contribution in [0, 0.1) is 29.2 Å². The Morgan fingerprint density at radius 3 is 0.571 bits per heavy atom. The molecule has 0 bridgehead atoms. The zero-order chi connectivity index (χ0) is 2.00. The van der Waals surface area contributed by atoms with Crippen molar-refractivity contribution in [1.82, 2.24) is 0 Å². The molecular weight excluding hydrogens is 344 g/mol. The molecule has 0 aromatic heterocycles. The Kier molecular flexibility index (Phi) is 20200. The van der Waals surface area contributed by atoms with Gasteiger partial charge in [0.2, 0.25) is 0 Å². The molecule has 0 fully saturated rings. The van der Waals surface area contributed by atoms with Crippen molar-refractivity contribution in [2.75, 3.05) is 0 Å². The molecule has 0 radical (unpaired) electrons. The second kappa shape index (κ2) is 957. The first-order valence-electron chi connectivity index (χ1n) is 0.500. The minimum absolute atomic E-state index is 0. The summed E-state index contributed by atoms with van der Waals surface area (Å²) >= 11 is 0. The van der Waals surface area contributed by atoms with Crippen molar-refractivity contribution in [2.24, 2.45) is 0 Å². The minimum atomic E-state index is 0. The maximum absolute atomic E-state index is 3.00. The molecule has 0 saturated heterocycles. The van der Waals surface area contributed by atoms with Gasteiger partial charge in [-0.25, -0.2) is 0 Å². The van der Waals surface area contributed by atoms with E-state index in [4.69, 9.17) is 0 Å². The third-order valence-corrected chi connectivity index (χ3v) is 0. The Morgan fingerprint density at radius 1 is 0.571 bits per heavy atom. The van der Waals surface area contributed by atoms with E-state index in [-0.39, 0.29) is 48.0 Å².